The molecule has 1 N–H and O–H groups in total. The fraction of sp³-hybridized carbons (Fsp3) is 0.450. The van der Waals surface area contributed by atoms with Gasteiger partial charge in [0.05, 0.1) is 12.2 Å². The molecule has 0 aliphatic heterocycles. The molecule has 0 atom stereocenters. The van der Waals surface area contributed by atoms with Crippen LogP contribution in [0.5, 0.6) is 0 Å². The van der Waals surface area contributed by atoms with E-state index in [-0.39, 0.29) is 5.97 Å². The molecule has 1 aromatic carbocycles. The molecule has 0 fully saturated rings. The van der Waals surface area contributed by atoms with E-state index in [9.17, 15) is 4.79 Å². The summed E-state index contributed by atoms with van der Waals surface area (Å²) in [6, 6.07) is 9.14. The summed E-state index contributed by atoms with van der Waals surface area (Å²) in [6.45, 7) is 10.4. The molecule has 0 saturated heterocycles. The highest BCUT2D eigenvalue weighted by Crippen LogP contribution is 2.19. The maximum Gasteiger partial charge on any atom is 0.338 e. The molecule has 0 aliphatic rings. The van der Waals surface area contributed by atoms with Crippen LogP contribution in [0.2, 0.25) is 0 Å². The Morgan fingerprint density at radius 3 is 2.31 bits per heavy atom. The van der Waals surface area contributed by atoms with Crippen molar-refractivity contribution in [1.29, 1.82) is 0 Å². The van der Waals surface area contributed by atoms with Gasteiger partial charge in [-0.2, -0.15) is 4.98 Å². The van der Waals surface area contributed by atoms with Crippen molar-refractivity contribution in [2.45, 2.75) is 40.5 Å². The van der Waals surface area contributed by atoms with E-state index in [4.69, 9.17) is 4.74 Å². The number of esters is 1. The molecule has 1 aromatic heterocycles. The normalized spacial score (nSPS) is 10.5. The fourth-order valence-electron chi connectivity index (χ4n) is 2.68. The molecule has 0 spiro atoms. The number of nitrogens with one attached hydrogen (secondary N) is 1. The smallest absolute Gasteiger partial charge is 0.338 e. The average Bonchev–Trinajstić information content (AvgIpc) is 2.62. The van der Waals surface area contributed by atoms with Crippen molar-refractivity contribution in [3.63, 3.8) is 0 Å². The van der Waals surface area contributed by atoms with Crippen LogP contribution in [0.15, 0.2) is 30.3 Å². The quantitative estimate of drug-likeness (QED) is 0.675. The number of aromatic nitrogens is 2. The Morgan fingerprint density at radius 1 is 1.08 bits per heavy atom. The number of hydrogen-bond donors (Lipinski definition) is 1. The molecule has 0 saturated carbocycles. The summed E-state index contributed by atoms with van der Waals surface area (Å²) in [7, 11) is 0. The Morgan fingerprint density at radius 2 is 1.73 bits per heavy atom. The molecule has 0 unspecified atom stereocenters. The maximum absolute atomic E-state index is 11.7. The van der Waals surface area contributed by atoms with Gasteiger partial charge in [-0.1, -0.05) is 13.8 Å². The highest BCUT2D eigenvalue weighted by Gasteiger charge is 2.10. The summed E-state index contributed by atoms with van der Waals surface area (Å²) in [5.74, 6) is 1.18. The third-order valence-corrected chi connectivity index (χ3v) is 3.80. The largest absolute Gasteiger partial charge is 0.462 e. The zero-order valence-corrected chi connectivity index (χ0v) is 16.1. The van der Waals surface area contributed by atoms with Crippen molar-refractivity contribution in [2.24, 2.45) is 0 Å². The number of carbonyl (C=O) groups is 1. The van der Waals surface area contributed by atoms with Crippen molar-refractivity contribution in [3.05, 3.63) is 41.6 Å². The molecule has 26 heavy (non-hydrogen) atoms. The Hall–Kier alpha value is -2.63. The molecule has 0 bridgehead atoms. The minimum Gasteiger partial charge on any atom is -0.462 e. The van der Waals surface area contributed by atoms with Crippen LogP contribution in [0.25, 0.3) is 0 Å². The molecule has 1 heterocycles. The van der Waals surface area contributed by atoms with Crippen LogP contribution >= 0.6 is 0 Å². The van der Waals surface area contributed by atoms with E-state index >= 15 is 0 Å². The van der Waals surface area contributed by atoms with Crippen molar-refractivity contribution in [1.82, 2.24) is 9.97 Å². The first-order valence-electron chi connectivity index (χ1n) is 9.22. The molecule has 6 heteroatoms. The van der Waals surface area contributed by atoms with E-state index in [1.54, 1.807) is 19.1 Å². The molecule has 2 rings (SSSR count). The minimum absolute atomic E-state index is 0.317. The first kappa shape index (κ1) is 19.7. The Balaban J connectivity index is 2.17. The lowest BCUT2D eigenvalue weighted by Crippen LogP contribution is -2.26. The highest BCUT2D eigenvalue weighted by atomic mass is 16.5. The number of anilines is 3. The lowest BCUT2D eigenvalue weighted by molar-refractivity contribution is 0.0526. The summed E-state index contributed by atoms with van der Waals surface area (Å²) in [5, 5.41) is 3.22. The number of hydrogen-bond acceptors (Lipinski definition) is 6. The van der Waals surface area contributed by atoms with Crippen LogP contribution in [0.3, 0.4) is 0 Å². The number of rotatable bonds is 9. The fourth-order valence-corrected chi connectivity index (χ4v) is 2.68. The van der Waals surface area contributed by atoms with Gasteiger partial charge in [-0.3, -0.25) is 0 Å². The predicted molar refractivity (Wildman–Crippen MR) is 105 cm³/mol. The molecule has 0 radical (unpaired) electrons. The van der Waals surface area contributed by atoms with Crippen LogP contribution in [0, 0.1) is 6.92 Å². The van der Waals surface area contributed by atoms with Gasteiger partial charge in [0.15, 0.2) is 0 Å². The van der Waals surface area contributed by atoms with Crippen LogP contribution in [-0.4, -0.2) is 35.6 Å². The Labute approximate surface area is 155 Å². The summed E-state index contributed by atoms with van der Waals surface area (Å²) in [4.78, 5) is 23.2. The number of aryl methyl sites for hydroxylation is 1. The molecule has 0 aliphatic carbocycles. The predicted octanol–water partition coefficient (Wildman–Crippen LogP) is 4.33. The van der Waals surface area contributed by atoms with Gasteiger partial charge in [-0.05, 0) is 51.0 Å². The molecule has 2 aromatic rings. The van der Waals surface area contributed by atoms with Crippen molar-refractivity contribution < 1.29 is 9.53 Å². The second-order valence-corrected chi connectivity index (χ2v) is 6.10. The van der Waals surface area contributed by atoms with Crippen LogP contribution in [0.1, 0.15) is 49.7 Å². The highest BCUT2D eigenvalue weighted by molar-refractivity contribution is 5.89. The SMILES string of the molecule is CCCN(CCC)c1cc(C)nc(Nc2ccc(C(=O)OCC)cc2)n1. The summed E-state index contributed by atoms with van der Waals surface area (Å²) >= 11 is 0. The van der Waals surface area contributed by atoms with Gasteiger partial charge < -0.3 is 15.0 Å². The Kier molecular flexibility index (Phi) is 7.38. The van der Waals surface area contributed by atoms with Gasteiger partial charge in [-0.15, -0.1) is 0 Å². The van der Waals surface area contributed by atoms with E-state index in [1.807, 2.05) is 25.1 Å². The minimum atomic E-state index is -0.317. The third kappa shape index (κ3) is 5.44. The summed E-state index contributed by atoms with van der Waals surface area (Å²) in [5.41, 5.74) is 2.27. The van der Waals surface area contributed by atoms with Crippen molar-refractivity contribution >= 4 is 23.4 Å². The second-order valence-electron chi connectivity index (χ2n) is 6.10. The maximum atomic E-state index is 11.7. The van der Waals surface area contributed by atoms with Gasteiger partial charge in [0, 0.05) is 30.5 Å². The first-order valence-corrected chi connectivity index (χ1v) is 9.22. The molecule has 140 valence electrons. The van der Waals surface area contributed by atoms with Crippen molar-refractivity contribution in [2.75, 3.05) is 29.9 Å². The number of ether oxygens (including phenoxy) is 1. The summed E-state index contributed by atoms with van der Waals surface area (Å²) in [6.07, 6.45) is 2.14. The molecular weight excluding hydrogens is 328 g/mol. The standard InChI is InChI=1S/C20H28N4O2/c1-5-12-24(13-6-2)18-14-15(4)21-20(23-18)22-17-10-8-16(9-11-17)19(25)26-7-3/h8-11,14H,5-7,12-13H2,1-4H3,(H,21,22,23). The van der Waals surface area contributed by atoms with E-state index in [0.29, 0.717) is 18.1 Å². The zero-order valence-electron chi connectivity index (χ0n) is 16.1. The van der Waals surface area contributed by atoms with Gasteiger partial charge in [0.25, 0.3) is 0 Å². The number of nitrogens with zero attached hydrogens (tertiary/aromatic N) is 3. The number of benzene rings is 1. The number of carbonyl (C=O) groups excluding carboxylic acids is 1. The molecule has 6 nitrogen and oxygen atoms in total. The van der Waals surface area contributed by atoms with Crippen molar-refractivity contribution in [3.8, 4) is 0 Å². The first-order chi connectivity index (χ1) is 12.6. The van der Waals surface area contributed by atoms with Gasteiger partial charge in [0.1, 0.15) is 5.82 Å². The second kappa shape index (κ2) is 9.75. The van der Waals surface area contributed by atoms with E-state index < -0.39 is 0 Å². The summed E-state index contributed by atoms with van der Waals surface area (Å²) < 4.78 is 5.00. The van der Waals surface area contributed by atoms with Gasteiger partial charge in [-0.25, -0.2) is 9.78 Å². The van der Waals surface area contributed by atoms with Crippen LogP contribution in [0.4, 0.5) is 17.5 Å². The topological polar surface area (TPSA) is 67.4 Å². The van der Waals surface area contributed by atoms with Crippen LogP contribution in [-0.2, 0) is 4.74 Å². The molecule has 0 amide bonds. The molecular formula is C20H28N4O2. The third-order valence-electron chi connectivity index (χ3n) is 3.80. The average molecular weight is 356 g/mol. The Bertz CT molecular complexity index is 710. The lowest BCUT2D eigenvalue weighted by atomic mass is 10.2. The monoisotopic (exact) mass is 356 g/mol. The van der Waals surface area contributed by atoms with Gasteiger partial charge in [0.2, 0.25) is 5.95 Å². The van der Waals surface area contributed by atoms with E-state index in [1.165, 1.54) is 0 Å². The lowest BCUT2D eigenvalue weighted by Gasteiger charge is -2.23. The van der Waals surface area contributed by atoms with Crippen LogP contribution < -0.4 is 10.2 Å². The van der Waals surface area contributed by atoms with E-state index in [0.717, 1.165) is 43.1 Å². The zero-order chi connectivity index (χ0) is 18.9. The van der Waals surface area contributed by atoms with E-state index in [2.05, 4.69) is 34.0 Å². The van der Waals surface area contributed by atoms with Gasteiger partial charge >= 0.3 is 5.97 Å².